The van der Waals surface area contributed by atoms with Crippen molar-refractivity contribution in [2.45, 2.75) is 44.7 Å². The second-order valence-corrected chi connectivity index (χ2v) is 8.59. The first kappa shape index (κ1) is 23.8. The van der Waals surface area contributed by atoms with Gasteiger partial charge in [0.25, 0.3) is 0 Å². The fourth-order valence-electron chi connectivity index (χ4n) is 3.05. The normalized spacial score (nSPS) is 11.8. The van der Waals surface area contributed by atoms with Gasteiger partial charge in [-0.1, -0.05) is 51.1 Å². The summed E-state index contributed by atoms with van der Waals surface area (Å²) in [7, 11) is 1.62. The van der Waals surface area contributed by atoms with E-state index in [0.717, 1.165) is 16.2 Å². The van der Waals surface area contributed by atoms with Crippen molar-refractivity contribution < 1.29 is 14.3 Å². The molecule has 2 aromatic rings. The third kappa shape index (κ3) is 7.41. The zero-order chi connectivity index (χ0) is 21.9. The van der Waals surface area contributed by atoms with E-state index in [9.17, 15) is 9.59 Å². The lowest BCUT2D eigenvalue weighted by Gasteiger charge is -2.31. The molecule has 1 N–H and O–H groups in total. The molecule has 0 heterocycles. The fourth-order valence-corrected chi connectivity index (χ4v) is 3.86. The molecule has 2 rings (SSSR count). The number of rotatable bonds is 11. The number of thioether (sulfide) groups is 1. The van der Waals surface area contributed by atoms with Crippen LogP contribution in [0.3, 0.4) is 0 Å². The van der Waals surface area contributed by atoms with E-state index in [0.29, 0.717) is 25.4 Å². The average molecular weight is 429 g/mol. The summed E-state index contributed by atoms with van der Waals surface area (Å²) in [6.07, 6.45) is 0.551. The first-order valence-corrected chi connectivity index (χ1v) is 11.3. The van der Waals surface area contributed by atoms with Gasteiger partial charge in [0, 0.05) is 18.0 Å². The van der Waals surface area contributed by atoms with Gasteiger partial charge in [0.15, 0.2) is 0 Å². The number of hydrogen-bond acceptors (Lipinski definition) is 4. The van der Waals surface area contributed by atoms with Crippen molar-refractivity contribution in [3.63, 3.8) is 0 Å². The van der Waals surface area contributed by atoms with Crippen molar-refractivity contribution in [1.82, 2.24) is 10.2 Å². The summed E-state index contributed by atoms with van der Waals surface area (Å²) >= 11 is 1.49. The predicted octanol–water partition coefficient (Wildman–Crippen LogP) is 4.37. The van der Waals surface area contributed by atoms with Gasteiger partial charge in [0.1, 0.15) is 11.8 Å². The number of nitrogens with one attached hydrogen (secondary N) is 1. The highest BCUT2D eigenvalue weighted by molar-refractivity contribution is 8.00. The molecule has 0 aliphatic heterocycles. The van der Waals surface area contributed by atoms with Crippen molar-refractivity contribution in [3.8, 4) is 5.75 Å². The molecule has 0 radical (unpaired) electrons. The molecule has 0 aliphatic rings. The second kappa shape index (κ2) is 12.3. The first-order valence-electron chi connectivity index (χ1n) is 10.3. The summed E-state index contributed by atoms with van der Waals surface area (Å²) < 4.78 is 5.31. The maximum Gasteiger partial charge on any atom is 0.242 e. The Kier molecular flexibility index (Phi) is 9.74. The SMILES string of the molecule is CC[C@H](C(=O)NCC(C)C)N(Cc1cccc(OC)c1)C(=O)CSc1ccccc1. The zero-order valence-electron chi connectivity index (χ0n) is 18.3. The monoisotopic (exact) mass is 428 g/mol. The highest BCUT2D eigenvalue weighted by Crippen LogP contribution is 2.21. The number of methoxy groups -OCH3 is 1. The van der Waals surface area contributed by atoms with Crippen LogP contribution in [0.1, 0.15) is 32.8 Å². The summed E-state index contributed by atoms with van der Waals surface area (Å²) in [4.78, 5) is 28.8. The number of benzene rings is 2. The standard InChI is InChI=1S/C24H32N2O3S/c1-5-22(24(28)25-15-18(2)3)26(16-19-10-9-11-20(14-19)29-4)23(27)17-30-21-12-7-6-8-13-21/h6-14,18,22H,5,15-17H2,1-4H3,(H,25,28)/t22-/m1/s1. The van der Waals surface area contributed by atoms with E-state index in [-0.39, 0.29) is 17.6 Å². The Balaban J connectivity index is 2.20. The molecule has 0 aliphatic carbocycles. The van der Waals surface area contributed by atoms with Crippen LogP contribution in [-0.4, -0.2) is 42.2 Å². The molecule has 162 valence electrons. The average Bonchev–Trinajstić information content (AvgIpc) is 2.76. The minimum atomic E-state index is -0.515. The maximum absolute atomic E-state index is 13.2. The minimum Gasteiger partial charge on any atom is -0.497 e. The van der Waals surface area contributed by atoms with Crippen molar-refractivity contribution in [3.05, 3.63) is 60.2 Å². The number of ether oxygens (including phenoxy) is 1. The molecule has 0 fully saturated rings. The molecule has 0 saturated heterocycles. The molecule has 0 saturated carbocycles. The molecule has 5 nitrogen and oxygen atoms in total. The molecule has 2 aromatic carbocycles. The number of hydrogen-bond donors (Lipinski definition) is 1. The van der Waals surface area contributed by atoms with Crippen LogP contribution in [0, 0.1) is 5.92 Å². The van der Waals surface area contributed by atoms with E-state index in [2.05, 4.69) is 19.2 Å². The summed E-state index contributed by atoms with van der Waals surface area (Å²) in [6, 6.07) is 16.9. The van der Waals surface area contributed by atoms with Crippen molar-refractivity contribution >= 4 is 23.6 Å². The largest absolute Gasteiger partial charge is 0.497 e. The molecule has 2 amide bonds. The van der Waals surface area contributed by atoms with Crippen molar-refractivity contribution in [1.29, 1.82) is 0 Å². The van der Waals surface area contributed by atoms with Gasteiger partial charge >= 0.3 is 0 Å². The predicted molar refractivity (Wildman–Crippen MR) is 123 cm³/mol. The highest BCUT2D eigenvalue weighted by atomic mass is 32.2. The van der Waals surface area contributed by atoms with E-state index in [1.165, 1.54) is 11.8 Å². The van der Waals surface area contributed by atoms with Crippen LogP contribution in [0.5, 0.6) is 5.75 Å². The summed E-state index contributed by atoms with van der Waals surface area (Å²) in [5.41, 5.74) is 0.933. The lowest BCUT2D eigenvalue weighted by atomic mass is 10.1. The van der Waals surface area contributed by atoms with Crippen LogP contribution in [0.25, 0.3) is 0 Å². The Morgan fingerprint density at radius 2 is 1.83 bits per heavy atom. The van der Waals surface area contributed by atoms with Crippen LogP contribution in [0.15, 0.2) is 59.5 Å². The Morgan fingerprint density at radius 1 is 1.10 bits per heavy atom. The van der Waals surface area contributed by atoms with Gasteiger partial charge in [0.2, 0.25) is 11.8 Å². The van der Waals surface area contributed by atoms with E-state index < -0.39 is 6.04 Å². The molecule has 30 heavy (non-hydrogen) atoms. The van der Waals surface area contributed by atoms with E-state index in [1.54, 1.807) is 12.0 Å². The van der Waals surface area contributed by atoms with Gasteiger partial charge in [0.05, 0.1) is 12.9 Å². The number of amides is 2. The van der Waals surface area contributed by atoms with Crippen LogP contribution >= 0.6 is 11.8 Å². The van der Waals surface area contributed by atoms with Crippen LogP contribution in [0.2, 0.25) is 0 Å². The lowest BCUT2D eigenvalue weighted by molar-refractivity contribution is -0.139. The van der Waals surface area contributed by atoms with Crippen LogP contribution in [-0.2, 0) is 16.1 Å². The lowest BCUT2D eigenvalue weighted by Crippen LogP contribution is -2.50. The van der Waals surface area contributed by atoms with E-state index in [4.69, 9.17) is 4.74 Å². The Morgan fingerprint density at radius 3 is 2.47 bits per heavy atom. The zero-order valence-corrected chi connectivity index (χ0v) is 19.1. The van der Waals surface area contributed by atoms with Gasteiger partial charge < -0.3 is 15.0 Å². The summed E-state index contributed by atoms with van der Waals surface area (Å²) in [5.74, 6) is 1.20. The Labute approximate surface area is 184 Å². The topological polar surface area (TPSA) is 58.6 Å². The van der Waals surface area contributed by atoms with Gasteiger partial charge in [-0.15, -0.1) is 11.8 Å². The van der Waals surface area contributed by atoms with Gasteiger partial charge in [-0.2, -0.15) is 0 Å². The van der Waals surface area contributed by atoms with Crippen LogP contribution < -0.4 is 10.1 Å². The third-order valence-corrected chi connectivity index (χ3v) is 5.66. The second-order valence-electron chi connectivity index (χ2n) is 7.54. The molecule has 0 bridgehead atoms. The van der Waals surface area contributed by atoms with E-state index >= 15 is 0 Å². The molecule has 6 heteroatoms. The quantitative estimate of drug-likeness (QED) is 0.540. The Bertz CT molecular complexity index is 811. The minimum absolute atomic E-state index is 0.0572. The third-order valence-electron chi connectivity index (χ3n) is 4.66. The number of nitrogens with zero attached hydrogens (tertiary/aromatic N) is 1. The number of carbonyl (C=O) groups excluding carboxylic acids is 2. The first-order chi connectivity index (χ1) is 14.4. The van der Waals surface area contributed by atoms with Gasteiger partial charge in [-0.05, 0) is 42.2 Å². The fraction of sp³-hybridized carbons (Fsp3) is 0.417. The van der Waals surface area contributed by atoms with E-state index in [1.807, 2.05) is 61.5 Å². The molecular weight excluding hydrogens is 396 g/mol. The summed E-state index contributed by atoms with van der Waals surface area (Å²) in [5, 5.41) is 2.99. The van der Waals surface area contributed by atoms with Crippen molar-refractivity contribution in [2.24, 2.45) is 5.92 Å². The molecule has 0 aromatic heterocycles. The molecule has 1 atom stereocenters. The number of carbonyl (C=O) groups is 2. The molecule has 0 unspecified atom stereocenters. The molecule has 0 spiro atoms. The van der Waals surface area contributed by atoms with Crippen LogP contribution in [0.4, 0.5) is 0 Å². The van der Waals surface area contributed by atoms with Gasteiger partial charge in [-0.3, -0.25) is 9.59 Å². The molecular formula is C24H32N2O3S. The van der Waals surface area contributed by atoms with Crippen molar-refractivity contribution in [2.75, 3.05) is 19.4 Å². The van der Waals surface area contributed by atoms with Gasteiger partial charge in [-0.25, -0.2) is 0 Å². The highest BCUT2D eigenvalue weighted by Gasteiger charge is 2.28. The maximum atomic E-state index is 13.2. The Hall–Kier alpha value is -2.47. The summed E-state index contributed by atoms with van der Waals surface area (Å²) in [6.45, 7) is 7.00. The smallest absolute Gasteiger partial charge is 0.242 e.